The first-order valence-electron chi connectivity index (χ1n) is 6.17. The molecule has 3 heteroatoms. The maximum Gasteiger partial charge on any atom is 0.129 e. The summed E-state index contributed by atoms with van der Waals surface area (Å²) in [5, 5.41) is 6.63. The molecular formula is C15H15N3. The SMILES string of the molecule is CCc1cc2ccc3ccncc3c2nc1NC. The minimum atomic E-state index is 0.960. The van der Waals surface area contributed by atoms with Crippen molar-refractivity contribution in [2.24, 2.45) is 0 Å². The summed E-state index contributed by atoms with van der Waals surface area (Å²) in [6.45, 7) is 2.15. The molecule has 90 valence electrons. The molecule has 0 spiro atoms. The molecular weight excluding hydrogens is 222 g/mol. The molecule has 0 fully saturated rings. The van der Waals surface area contributed by atoms with E-state index in [0.717, 1.165) is 23.1 Å². The van der Waals surface area contributed by atoms with E-state index in [2.05, 4.69) is 35.4 Å². The van der Waals surface area contributed by atoms with Gasteiger partial charge in [-0.1, -0.05) is 19.1 Å². The predicted molar refractivity (Wildman–Crippen MR) is 76.0 cm³/mol. The largest absolute Gasteiger partial charge is 0.373 e. The molecule has 0 unspecified atom stereocenters. The van der Waals surface area contributed by atoms with Gasteiger partial charge in [0.1, 0.15) is 5.82 Å². The Morgan fingerprint density at radius 2 is 2.00 bits per heavy atom. The molecule has 0 aliphatic heterocycles. The van der Waals surface area contributed by atoms with Crippen molar-refractivity contribution in [3.8, 4) is 0 Å². The van der Waals surface area contributed by atoms with Crippen molar-refractivity contribution in [1.29, 1.82) is 0 Å². The Morgan fingerprint density at radius 3 is 2.78 bits per heavy atom. The average Bonchev–Trinajstić information content (AvgIpc) is 2.45. The zero-order valence-electron chi connectivity index (χ0n) is 10.6. The number of hydrogen-bond donors (Lipinski definition) is 1. The van der Waals surface area contributed by atoms with Crippen LogP contribution in [0.1, 0.15) is 12.5 Å². The van der Waals surface area contributed by atoms with Crippen molar-refractivity contribution in [3.63, 3.8) is 0 Å². The van der Waals surface area contributed by atoms with Crippen LogP contribution in [-0.2, 0) is 6.42 Å². The van der Waals surface area contributed by atoms with Crippen molar-refractivity contribution in [1.82, 2.24) is 9.97 Å². The van der Waals surface area contributed by atoms with Crippen molar-refractivity contribution in [3.05, 3.63) is 42.2 Å². The fourth-order valence-corrected chi connectivity index (χ4v) is 2.33. The zero-order valence-corrected chi connectivity index (χ0v) is 10.6. The van der Waals surface area contributed by atoms with Crippen LogP contribution < -0.4 is 5.32 Å². The zero-order chi connectivity index (χ0) is 12.5. The molecule has 3 rings (SSSR count). The van der Waals surface area contributed by atoms with Gasteiger partial charge in [-0.05, 0) is 29.5 Å². The van der Waals surface area contributed by atoms with E-state index in [1.807, 2.05) is 25.5 Å². The van der Waals surface area contributed by atoms with Gasteiger partial charge in [0.05, 0.1) is 5.52 Å². The molecule has 0 amide bonds. The van der Waals surface area contributed by atoms with Crippen molar-refractivity contribution in [2.45, 2.75) is 13.3 Å². The standard InChI is InChI=1S/C15H15N3/c1-3-10-8-12-5-4-11-6-7-17-9-13(11)14(12)18-15(10)16-2/h4-9H,3H2,1-2H3,(H,16,18). The minimum Gasteiger partial charge on any atom is -0.373 e. The van der Waals surface area contributed by atoms with Gasteiger partial charge in [0.15, 0.2) is 0 Å². The van der Waals surface area contributed by atoms with Gasteiger partial charge in [-0.25, -0.2) is 4.98 Å². The summed E-state index contributed by atoms with van der Waals surface area (Å²) in [4.78, 5) is 8.94. The van der Waals surface area contributed by atoms with E-state index in [0.29, 0.717) is 0 Å². The molecule has 2 aromatic heterocycles. The lowest BCUT2D eigenvalue weighted by Gasteiger charge is -2.10. The number of nitrogens with one attached hydrogen (secondary N) is 1. The predicted octanol–water partition coefficient (Wildman–Crippen LogP) is 3.39. The van der Waals surface area contributed by atoms with Gasteiger partial charge >= 0.3 is 0 Å². The number of rotatable bonds is 2. The van der Waals surface area contributed by atoms with Crippen LogP contribution in [0.2, 0.25) is 0 Å². The molecule has 18 heavy (non-hydrogen) atoms. The summed E-state index contributed by atoms with van der Waals surface area (Å²) >= 11 is 0. The number of fused-ring (bicyclic) bond motifs is 3. The number of anilines is 1. The van der Waals surface area contributed by atoms with Gasteiger partial charge in [-0.3, -0.25) is 4.98 Å². The molecule has 1 N–H and O–H groups in total. The van der Waals surface area contributed by atoms with Gasteiger partial charge in [0.25, 0.3) is 0 Å². The molecule has 3 nitrogen and oxygen atoms in total. The number of pyridine rings is 2. The second-order valence-electron chi connectivity index (χ2n) is 4.33. The second kappa shape index (κ2) is 4.26. The Morgan fingerprint density at radius 1 is 1.17 bits per heavy atom. The molecule has 0 radical (unpaired) electrons. The van der Waals surface area contributed by atoms with Gasteiger partial charge < -0.3 is 5.32 Å². The molecule has 2 heterocycles. The number of hydrogen-bond acceptors (Lipinski definition) is 3. The Balaban J connectivity index is 2.43. The lowest BCUT2D eigenvalue weighted by Crippen LogP contribution is -1.98. The van der Waals surface area contributed by atoms with Crippen LogP contribution in [-0.4, -0.2) is 17.0 Å². The summed E-state index contributed by atoms with van der Waals surface area (Å²) in [6, 6.07) is 8.48. The highest BCUT2D eigenvalue weighted by atomic mass is 15.0. The molecule has 3 aromatic rings. The molecule has 0 aliphatic carbocycles. The van der Waals surface area contributed by atoms with Crippen LogP contribution in [0.4, 0.5) is 5.82 Å². The number of aryl methyl sites for hydroxylation is 1. The van der Waals surface area contributed by atoms with Crippen LogP contribution >= 0.6 is 0 Å². The number of nitrogens with zero attached hydrogens (tertiary/aromatic N) is 2. The fraction of sp³-hybridized carbons (Fsp3) is 0.200. The van der Waals surface area contributed by atoms with Crippen LogP contribution in [0.25, 0.3) is 21.7 Å². The highest BCUT2D eigenvalue weighted by Crippen LogP contribution is 2.26. The Bertz CT molecular complexity index is 719. The molecule has 1 aromatic carbocycles. The second-order valence-corrected chi connectivity index (χ2v) is 4.33. The van der Waals surface area contributed by atoms with Crippen molar-refractivity contribution >= 4 is 27.5 Å². The smallest absolute Gasteiger partial charge is 0.129 e. The van der Waals surface area contributed by atoms with E-state index in [-0.39, 0.29) is 0 Å². The number of aromatic nitrogens is 2. The fourth-order valence-electron chi connectivity index (χ4n) is 2.33. The van der Waals surface area contributed by atoms with Crippen LogP contribution in [0.15, 0.2) is 36.7 Å². The first-order chi connectivity index (χ1) is 8.83. The third-order valence-electron chi connectivity index (χ3n) is 3.30. The van der Waals surface area contributed by atoms with E-state index in [1.165, 1.54) is 16.3 Å². The quantitative estimate of drug-likeness (QED) is 0.694. The summed E-state index contributed by atoms with van der Waals surface area (Å²) in [5.41, 5.74) is 2.26. The topological polar surface area (TPSA) is 37.8 Å². The summed E-state index contributed by atoms with van der Waals surface area (Å²) in [5.74, 6) is 0.960. The van der Waals surface area contributed by atoms with Gasteiger partial charge in [-0.15, -0.1) is 0 Å². The molecule has 0 aliphatic rings. The molecule has 0 atom stereocenters. The van der Waals surface area contributed by atoms with Crippen molar-refractivity contribution < 1.29 is 0 Å². The van der Waals surface area contributed by atoms with Gasteiger partial charge in [0.2, 0.25) is 0 Å². The summed E-state index contributed by atoms with van der Waals surface area (Å²) < 4.78 is 0. The van der Waals surface area contributed by atoms with Gasteiger partial charge in [-0.2, -0.15) is 0 Å². The monoisotopic (exact) mass is 237 g/mol. The van der Waals surface area contributed by atoms with Crippen LogP contribution in [0.3, 0.4) is 0 Å². The summed E-state index contributed by atoms with van der Waals surface area (Å²) in [7, 11) is 1.91. The molecule has 0 saturated heterocycles. The summed E-state index contributed by atoms with van der Waals surface area (Å²) in [6.07, 6.45) is 4.67. The van der Waals surface area contributed by atoms with E-state index >= 15 is 0 Å². The van der Waals surface area contributed by atoms with Crippen molar-refractivity contribution in [2.75, 3.05) is 12.4 Å². The third-order valence-corrected chi connectivity index (χ3v) is 3.30. The lowest BCUT2D eigenvalue weighted by molar-refractivity contribution is 1.12. The first-order valence-corrected chi connectivity index (χ1v) is 6.17. The lowest BCUT2D eigenvalue weighted by atomic mass is 10.1. The highest BCUT2D eigenvalue weighted by molar-refractivity contribution is 6.05. The Labute approximate surface area is 106 Å². The van der Waals surface area contributed by atoms with Gasteiger partial charge in [0, 0.05) is 30.2 Å². The van der Waals surface area contributed by atoms with Crippen LogP contribution in [0.5, 0.6) is 0 Å². The number of benzene rings is 1. The van der Waals surface area contributed by atoms with E-state index in [9.17, 15) is 0 Å². The maximum absolute atomic E-state index is 4.74. The third kappa shape index (κ3) is 1.59. The van der Waals surface area contributed by atoms with E-state index in [1.54, 1.807) is 0 Å². The first kappa shape index (κ1) is 11.0. The van der Waals surface area contributed by atoms with Crippen LogP contribution in [0, 0.1) is 0 Å². The maximum atomic E-state index is 4.74. The Hall–Kier alpha value is -2.16. The molecule has 0 saturated carbocycles. The average molecular weight is 237 g/mol. The minimum absolute atomic E-state index is 0.960. The normalized spacial score (nSPS) is 11.0. The van der Waals surface area contributed by atoms with E-state index < -0.39 is 0 Å². The Kier molecular flexibility index (Phi) is 2.59. The van der Waals surface area contributed by atoms with E-state index in [4.69, 9.17) is 4.98 Å². The highest BCUT2D eigenvalue weighted by Gasteiger charge is 2.07. The molecule has 0 bridgehead atoms.